The molecule has 1 aliphatic carbocycles. The molecule has 4 atom stereocenters. The van der Waals surface area contributed by atoms with Crippen LogP contribution in [0.25, 0.3) is 0 Å². The Morgan fingerprint density at radius 2 is 2.12 bits per heavy atom. The van der Waals surface area contributed by atoms with E-state index in [1.165, 1.54) is 12.8 Å². The summed E-state index contributed by atoms with van der Waals surface area (Å²) in [6, 6.07) is 0.302. The lowest BCUT2D eigenvalue weighted by Gasteiger charge is -2.39. The van der Waals surface area contributed by atoms with E-state index < -0.39 is 5.97 Å². The first-order valence-electron chi connectivity index (χ1n) is 7.08. The second-order valence-electron chi connectivity index (χ2n) is 5.99. The molecule has 0 aromatic rings. The van der Waals surface area contributed by atoms with Crippen LogP contribution in [0.5, 0.6) is 0 Å². The lowest BCUT2D eigenvalue weighted by molar-refractivity contribution is -0.146. The van der Waals surface area contributed by atoms with Crippen LogP contribution in [-0.2, 0) is 4.79 Å². The zero-order valence-corrected chi connectivity index (χ0v) is 11.1. The van der Waals surface area contributed by atoms with Crippen LogP contribution in [0.3, 0.4) is 0 Å². The smallest absolute Gasteiger partial charge is 0.308 e. The Balaban J connectivity index is 2.05. The summed E-state index contributed by atoms with van der Waals surface area (Å²) in [5.74, 6) is 0.783. The van der Waals surface area contributed by atoms with E-state index in [1.807, 2.05) is 0 Å². The van der Waals surface area contributed by atoms with Crippen molar-refractivity contribution in [3.8, 4) is 0 Å². The average Bonchev–Trinajstić information content (AvgIpc) is 2.75. The summed E-state index contributed by atoms with van der Waals surface area (Å²) in [7, 11) is 0. The van der Waals surface area contributed by atoms with Crippen LogP contribution in [-0.4, -0.2) is 35.1 Å². The molecule has 0 spiro atoms. The van der Waals surface area contributed by atoms with Crippen molar-refractivity contribution in [3.05, 3.63) is 0 Å². The Morgan fingerprint density at radius 1 is 1.35 bits per heavy atom. The SMILES string of the molecule is CCC1CCC(C(=O)O)C(N2CCC(C)C2)C1. The third-order valence-corrected chi connectivity index (χ3v) is 4.74. The lowest BCUT2D eigenvalue weighted by Crippen LogP contribution is -2.46. The van der Waals surface area contributed by atoms with Gasteiger partial charge >= 0.3 is 5.97 Å². The van der Waals surface area contributed by atoms with Gasteiger partial charge in [-0.1, -0.05) is 20.3 Å². The van der Waals surface area contributed by atoms with Crippen molar-refractivity contribution in [3.63, 3.8) is 0 Å². The van der Waals surface area contributed by atoms with Gasteiger partial charge in [-0.2, -0.15) is 0 Å². The van der Waals surface area contributed by atoms with Crippen LogP contribution in [0.1, 0.15) is 46.0 Å². The monoisotopic (exact) mass is 239 g/mol. The maximum Gasteiger partial charge on any atom is 0.308 e. The number of carboxylic acids is 1. The summed E-state index contributed by atoms with van der Waals surface area (Å²) >= 11 is 0. The molecule has 0 aromatic carbocycles. The molecule has 1 heterocycles. The van der Waals surface area contributed by atoms with Crippen molar-refractivity contribution in [2.75, 3.05) is 13.1 Å². The molecule has 98 valence electrons. The predicted octanol–water partition coefficient (Wildman–Crippen LogP) is 2.61. The number of likely N-dealkylation sites (tertiary alicyclic amines) is 1. The maximum atomic E-state index is 11.4. The third kappa shape index (κ3) is 2.82. The minimum atomic E-state index is -0.580. The molecule has 1 aliphatic heterocycles. The average molecular weight is 239 g/mol. The van der Waals surface area contributed by atoms with Crippen LogP contribution in [0.4, 0.5) is 0 Å². The number of hydrogen-bond donors (Lipinski definition) is 1. The molecule has 4 unspecified atom stereocenters. The lowest BCUT2D eigenvalue weighted by atomic mass is 9.76. The van der Waals surface area contributed by atoms with E-state index in [1.54, 1.807) is 0 Å². The van der Waals surface area contributed by atoms with Crippen LogP contribution in [0.2, 0.25) is 0 Å². The Kier molecular flexibility index (Phi) is 4.08. The minimum absolute atomic E-state index is 0.122. The quantitative estimate of drug-likeness (QED) is 0.823. The highest BCUT2D eigenvalue weighted by Gasteiger charge is 2.39. The Hall–Kier alpha value is -0.570. The number of carboxylic acid groups (broad SMARTS) is 1. The third-order valence-electron chi connectivity index (χ3n) is 4.74. The number of hydrogen-bond acceptors (Lipinski definition) is 2. The Bertz CT molecular complexity index is 279. The largest absolute Gasteiger partial charge is 0.481 e. The first-order chi connectivity index (χ1) is 8.11. The van der Waals surface area contributed by atoms with Gasteiger partial charge in [0.2, 0.25) is 0 Å². The van der Waals surface area contributed by atoms with E-state index in [9.17, 15) is 9.90 Å². The van der Waals surface area contributed by atoms with Crippen molar-refractivity contribution >= 4 is 5.97 Å². The molecule has 0 amide bonds. The van der Waals surface area contributed by atoms with Gasteiger partial charge in [0.05, 0.1) is 5.92 Å². The molecule has 0 aromatic heterocycles. The van der Waals surface area contributed by atoms with Crippen molar-refractivity contribution in [1.82, 2.24) is 4.90 Å². The topological polar surface area (TPSA) is 40.5 Å². The van der Waals surface area contributed by atoms with Crippen molar-refractivity contribution < 1.29 is 9.90 Å². The first kappa shape index (κ1) is 12.9. The van der Waals surface area contributed by atoms with Gasteiger partial charge in [0.1, 0.15) is 0 Å². The second-order valence-corrected chi connectivity index (χ2v) is 5.99. The number of nitrogens with zero attached hydrogens (tertiary/aromatic N) is 1. The molecule has 3 nitrogen and oxygen atoms in total. The number of rotatable bonds is 3. The van der Waals surface area contributed by atoms with E-state index in [0.717, 1.165) is 44.2 Å². The fourth-order valence-electron chi connectivity index (χ4n) is 3.56. The zero-order chi connectivity index (χ0) is 12.4. The molecule has 1 N–H and O–H groups in total. The highest BCUT2D eigenvalue weighted by atomic mass is 16.4. The van der Waals surface area contributed by atoms with E-state index in [0.29, 0.717) is 6.04 Å². The Labute approximate surface area is 104 Å². The molecule has 17 heavy (non-hydrogen) atoms. The van der Waals surface area contributed by atoms with Gasteiger partial charge in [-0.3, -0.25) is 9.69 Å². The highest BCUT2D eigenvalue weighted by Crippen LogP contribution is 2.36. The Morgan fingerprint density at radius 3 is 2.65 bits per heavy atom. The van der Waals surface area contributed by atoms with E-state index in [-0.39, 0.29) is 5.92 Å². The molecule has 1 saturated carbocycles. The number of aliphatic carboxylic acids is 1. The van der Waals surface area contributed by atoms with Gasteiger partial charge < -0.3 is 5.11 Å². The molecule has 1 saturated heterocycles. The van der Waals surface area contributed by atoms with Gasteiger partial charge in [0, 0.05) is 12.6 Å². The predicted molar refractivity (Wildman–Crippen MR) is 67.9 cm³/mol. The molecular weight excluding hydrogens is 214 g/mol. The zero-order valence-electron chi connectivity index (χ0n) is 11.1. The van der Waals surface area contributed by atoms with Crippen LogP contribution < -0.4 is 0 Å². The van der Waals surface area contributed by atoms with E-state index >= 15 is 0 Å². The summed E-state index contributed by atoms with van der Waals surface area (Å²) < 4.78 is 0. The summed E-state index contributed by atoms with van der Waals surface area (Å²) in [5, 5.41) is 9.37. The number of carbonyl (C=O) groups is 1. The summed E-state index contributed by atoms with van der Waals surface area (Å²) in [4.78, 5) is 13.8. The van der Waals surface area contributed by atoms with Gasteiger partial charge in [-0.25, -0.2) is 0 Å². The molecule has 0 bridgehead atoms. The van der Waals surface area contributed by atoms with E-state index in [2.05, 4.69) is 18.7 Å². The van der Waals surface area contributed by atoms with E-state index in [4.69, 9.17) is 0 Å². The van der Waals surface area contributed by atoms with Gasteiger partial charge in [-0.15, -0.1) is 0 Å². The standard InChI is InChI=1S/C14H25NO2/c1-3-11-4-5-12(14(16)17)13(8-11)15-7-6-10(2)9-15/h10-13H,3-9H2,1-2H3,(H,16,17). The fraction of sp³-hybridized carbons (Fsp3) is 0.929. The van der Waals surface area contributed by atoms with Crippen LogP contribution >= 0.6 is 0 Å². The fourth-order valence-corrected chi connectivity index (χ4v) is 3.56. The minimum Gasteiger partial charge on any atom is -0.481 e. The molecule has 2 aliphatic rings. The molecule has 2 fully saturated rings. The van der Waals surface area contributed by atoms with Crippen molar-refractivity contribution in [2.45, 2.75) is 52.0 Å². The molecule has 3 heteroatoms. The van der Waals surface area contributed by atoms with Gasteiger partial charge in [0.15, 0.2) is 0 Å². The van der Waals surface area contributed by atoms with Crippen molar-refractivity contribution in [2.24, 2.45) is 17.8 Å². The molecule has 2 rings (SSSR count). The summed E-state index contributed by atoms with van der Waals surface area (Å²) in [6.07, 6.45) is 5.52. The maximum absolute atomic E-state index is 11.4. The summed E-state index contributed by atoms with van der Waals surface area (Å²) in [5.41, 5.74) is 0. The summed E-state index contributed by atoms with van der Waals surface area (Å²) in [6.45, 7) is 6.71. The first-order valence-corrected chi connectivity index (χ1v) is 7.08. The molecular formula is C14H25NO2. The van der Waals surface area contributed by atoms with Crippen LogP contribution in [0.15, 0.2) is 0 Å². The highest BCUT2D eigenvalue weighted by molar-refractivity contribution is 5.71. The van der Waals surface area contributed by atoms with Crippen LogP contribution in [0, 0.1) is 17.8 Å². The second kappa shape index (κ2) is 5.38. The van der Waals surface area contributed by atoms with Gasteiger partial charge in [0.25, 0.3) is 0 Å². The molecule has 0 radical (unpaired) electrons. The van der Waals surface area contributed by atoms with Crippen molar-refractivity contribution in [1.29, 1.82) is 0 Å². The normalized spacial score (nSPS) is 39.4. The van der Waals surface area contributed by atoms with Gasteiger partial charge in [-0.05, 0) is 44.1 Å².